The van der Waals surface area contributed by atoms with Gasteiger partial charge in [-0.25, -0.2) is 19.9 Å². The Labute approximate surface area is 270 Å². The molecule has 0 atom stereocenters. The third kappa shape index (κ3) is 4.89. The number of benzene rings is 5. The van der Waals surface area contributed by atoms with Crippen molar-refractivity contribution in [3.8, 4) is 56.5 Å². The Kier molecular flexibility index (Phi) is 6.35. The van der Waals surface area contributed by atoms with E-state index < -0.39 is 0 Å². The van der Waals surface area contributed by atoms with Gasteiger partial charge >= 0.3 is 0 Å². The molecular formula is C41H25N5O. The molecule has 5 aromatic carbocycles. The molecule has 0 aliphatic carbocycles. The third-order valence-corrected chi connectivity index (χ3v) is 8.40. The van der Waals surface area contributed by atoms with Crippen LogP contribution in [0.2, 0.25) is 0 Å². The van der Waals surface area contributed by atoms with Crippen LogP contribution in [0.25, 0.3) is 89.5 Å². The van der Waals surface area contributed by atoms with Crippen LogP contribution in [0.15, 0.2) is 156 Å². The Morgan fingerprint density at radius 1 is 0.426 bits per heavy atom. The summed E-state index contributed by atoms with van der Waals surface area (Å²) in [6.45, 7) is 0. The van der Waals surface area contributed by atoms with Gasteiger partial charge in [-0.15, -0.1) is 0 Å². The molecule has 0 spiro atoms. The van der Waals surface area contributed by atoms with Crippen molar-refractivity contribution in [2.24, 2.45) is 0 Å². The van der Waals surface area contributed by atoms with E-state index in [1.807, 2.05) is 103 Å². The summed E-state index contributed by atoms with van der Waals surface area (Å²) in [6.07, 6.45) is 1.81. The molecule has 0 bridgehead atoms. The zero-order valence-corrected chi connectivity index (χ0v) is 25.1. The number of pyridine rings is 2. The summed E-state index contributed by atoms with van der Waals surface area (Å²) in [6, 6.07) is 48.9. The maximum absolute atomic E-state index is 6.26. The number of furan rings is 1. The number of hydrogen-bond donors (Lipinski definition) is 0. The van der Waals surface area contributed by atoms with Gasteiger partial charge in [-0.3, -0.25) is 4.98 Å². The van der Waals surface area contributed by atoms with E-state index in [0.29, 0.717) is 23.2 Å². The van der Waals surface area contributed by atoms with E-state index in [-0.39, 0.29) is 0 Å². The fraction of sp³-hybridized carbons (Fsp3) is 0. The fourth-order valence-electron chi connectivity index (χ4n) is 6.07. The predicted molar refractivity (Wildman–Crippen MR) is 187 cm³/mol. The molecule has 0 aliphatic heterocycles. The largest absolute Gasteiger partial charge is 0.438 e. The quantitative estimate of drug-likeness (QED) is 0.195. The molecule has 4 heterocycles. The van der Waals surface area contributed by atoms with Gasteiger partial charge in [-0.1, -0.05) is 109 Å². The van der Waals surface area contributed by atoms with Crippen LogP contribution in [0.5, 0.6) is 0 Å². The average Bonchev–Trinajstić information content (AvgIpc) is 3.52. The van der Waals surface area contributed by atoms with Gasteiger partial charge in [0.1, 0.15) is 5.58 Å². The molecule has 0 aliphatic rings. The molecule has 9 aromatic rings. The minimum atomic E-state index is 0.600. The Morgan fingerprint density at radius 3 is 1.83 bits per heavy atom. The highest BCUT2D eigenvalue weighted by Crippen LogP contribution is 2.35. The maximum atomic E-state index is 6.26. The van der Waals surface area contributed by atoms with Gasteiger partial charge in [0.05, 0.1) is 11.2 Å². The molecule has 0 unspecified atom stereocenters. The third-order valence-electron chi connectivity index (χ3n) is 8.40. The second kappa shape index (κ2) is 11.1. The fourth-order valence-corrected chi connectivity index (χ4v) is 6.07. The van der Waals surface area contributed by atoms with Gasteiger partial charge in [-0.2, -0.15) is 0 Å². The van der Waals surface area contributed by atoms with E-state index >= 15 is 0 Å². The Morgan fingerprint density at radius 2 is 1.06 bits per heavy atom. The number of fused-ring (bicyclic) bond motifs is 4. The molecule has 9 rings (SSSR count). The van der Waals surface area contributed by atoms with Crippen molar-refractivity contribution in [3.63, 3.8) is 0 Å². The number of nitrogens with zero attached hydrogens (tertiary/aromatic N) is 5. The molecule has 0 radical (unpaired) electrons. The van der Waals surface area contributed by atoms with Crippen molar-refractivity contribution in [2.45, 2.75) is 0 Å². The van der Waals surface area contributed by atoms with Crippen molar-refractivity contribution in [2.75, 3.05) is 0 Å². The normalized spacial score (nSPS) is 11.4. The minimum Gasteiger partial charge on any atom is -0.438 e. The van der Waals surface area contributed by atoms with Crippen LogP contribution in [0.4, 0.5) is 0 Å². The lowest BCUT2D eigenvalue weighted by atomic mass is 10.0. The van der Waals surface area contributed by atoms with Crippen molar-refractivity contribution in [3.05, 3.63) is 152 Å². The van der Waals surface area contributed by atoms with E-state index in [4.69, 9.17) is 24.4 Å². The Bertz CT molecular complexity index is 2520. The molecular weight excluding hydrogens is 578 g/mol. The van der Waals surface area contributed by atoms with Gasteiger partial charge in [0, 0.05) is 44.6 Å². The number of rotatable bonds is 5. The van der Waals surface area contributed by atoms with Gasteiger partial charge < -0.3 is 4.42 Å². The molecule has 6 nitrogen and oxygen atoms in total. The van der Waals surface area contributed by atoms with E-state index in [2.05, 4.69) is 53.5 Å². The van der Waals surface area contributed by atoms with E-state index in [1.165, 1.54) is 0 Å². The lowest BCUT2D eigenvalue weighted by molar-refractivity contribution is 0.654. The standard InChI is InChI=1S/C41H25N5O/c1-3-10-27(11-4-1)38-44-39(28-12-5-2-6-13-28)46-40(45-38)31-16-7-15-29(24-31)30-19-22-36-34(25-30)32-20-21-35(43-41(32)47-36)33-18-8-14-26-17-9-23-42-37(26)33/h1-25H. The number of aromatic nitrogens is 5. The van der Waals surface area contributed by atoms with E-state index in [1.54, 1.807) is 0 Å². The average molecular weight is 604 g/mol. The maximum Gasteiger partial charge on any atom is 0.227 e. The first-order valence-electron chi connectivity index (χ1n) is 15.4. The van der Waals surface area contributed by atoms with Crippen LogP contribution in [-0.2, 0) is 0 Å². The number of para-hydroxylation sites is 1. The van der Waals surface area contributed by atoms with E-state index in [0.717, 1.165) is 66.3 Å². The van der Waals surface area contributed by atoms with Crippen LogP contribution in [0.3, 0.4) is 0 Å². The van der Waals surface area contributed by atoms with Crippen LogP contribution in [-0.4, -0.2) is 24.9 Å². The summed E-state index contributed by atoms with van der Waals surface area (Å²) < 4.78 is 6.26. The zero-order chi connectivity index (χ0) is 31.2. The van der Waals surface area contributed by atoms with Crippen molar-refractivity contribution in [1.29, 1.82) is 0 Å². The molecule has 0 amide bonds. The summed E-state index contributed by atoms with van der Waals surface area (Å²) in [5.41, 5.74) is 9.02. The van der Waals surface area contributed by atoms with Crippen molar-refractivity contribution >= 4 is 33.0 Å². The second-order valence-corrected chi connectivity index (χ2v) is 11.4. The summed E-state index contributed by atoms with van der Waals surface area (Å²) in [5.74, 6) is 1.89. The van der Waals surface area contributed by atoms with Crippen LogP contribution in [0, 0.1) is 0 Å². The topological polar surface area (TPSA) is 77.6 Å². The molecule has 0 saturated carbocycles. The monoisotopic (exact) mass is 603 g/mol. The lowest BCUT2D eigenvalue weighted by Crippen LogP contribution is -2.00. The first kappa shape index (κ1) is 26.8. The summed E-state index contributed by atoms with van der Waals surface area (Å²) >= 11 is 0. The van der Waals surface area contributed by atoms with Crippen LogP contribution >= 0.6 is 0 Å². The lowest BCUT2D eigenvalue weighted by Gasteiger charge is -2.09. The summed E-state index contributed by atoms with van der Waals surface area (Å²) in [4.78, 5) is 24.2. The van der Waals surface area contributed by atoms with Crippen LogP contribution in [0.1, 0.15) is 0 Å². The van der Waals surface area contributed by atoms with Crippen molar-refractivity contribution in [1.82, 2.24) is 24.9 Å². The summed E-state index contributed by atoms with van der Waals surface area (Å²) in [5, 5.41) is 3.05. The first-order valence-corrected chi connectivity index (χ1v) is 15.4. The molecule has 4 aromatic heterocycles. The minimum absolute atomic E-state index is 0.600. The summed E-state index contributed by atoms with van der Waals surface area (Å²) in [7, 11) is 0. The predicted octanol–water partition coefficient (Wildman–Crippen LogP) is 10.0. The molecule has 0 saturated heterocycles. The zero-order valence-electron chi connectivity index (χ0n) is 25.1. The van der Waals surface area contributed by atoms with Gasteiger partial charge in [0.15, 0.2) is 17.5 Å². The molecule has 47 heavy (non-hydrogen) atoms. The number of hydrogen-bond acceptors (Lipinski definition) is 6. The van der Waals surface area contributed by atoms with Crippen molar-refractivity contribution < 1.29 is 4.42 Å². The molecule has 220 valence electrons. The highest BCUT2D eigenvalue weighted by molar-refractivity contribution is 6.06. The van der Waals surface area contributed by atoms with Gasteiger partial charge in [0.25, 0.3) is 0 Å². The smallest absolute Gasteiger partial charge is 0.227 e. The molecule has 0 N–H and O–H groups in total. The first-order chi connectivity index (χ1) is 23.3. The highest BCUT2D eigenvalue weighted by atomic mass is 16.3. The highest BCUT2D eigenvalue weighted by Gasteiger charge is 2.15. The van der Waals surface area contributed by atoms with Crippen LogP contribution < -0.4 is 0 Å². The SMILES string of the molecule is c1ccc(-c2nc(-c3ccccc3)nc(-c3cccc(-c4ccc5oc6nc(-c7cccc8cccnc78)ccc6c5c4)c3)n2)cc1. The van der Waals surface area contributed by atoms with Gasteiger partial charge in [-0.05, 0) is 47.5 Å². The molecule has 6 heteroatoms. The van der Waals surface area contributed by atoms with Gasteiger partial charge in [0.2, 0.25) is 5.71 Å². The van der Waals surface area contributed by atoms with E-state index in [9.17, 15) is 0 Å². The second-order valence-electron chi connectivity index (χ2n) is 11.4. The molecule has 0 fully saturated rings. The Balaban J connectivity index is 1.12. The Hall–Kier alpha value is -6.53.